The highest BCUT2D eigenvalue weighted by Crippen LogP contribution is 2.50. The molecule has 0 aliphatic heterocycles. The van der Waals surface area contributed by atoms with Crippen LogP contribution in [0.3, 0.4) is 0 Å². The van der Waals surface area contributed by atoms with Crippen molar-refractivity contribution in [3.63, 3.8) is 0 Å². The molecule has 1 aromatic heterocycles. The van der Waals surface area contributed by atoms with E-state index in [1.54, 1.807) is 7.11 Å². The van der Waals surface area contributed by atoms with E-state index in [1.807, 2.05) is 30.9 Å². The first-order valence-electron chi connectivity index (χ1n) is 10.00. The van der Waals surface area contributed by atoms with Gasteiger partial charge in [0.1, 0.15) is 5.75 Å². The molecule has 0 amide bonds. The SMILES string of the molecule is CN=C(NCC1(c2ccccc2OC)CC1)NC(C)Cc1c(C)nn(C)c1C. The predicted octanol–water partition coefficient (Wildman–Crippen LogP) is 2.87. The molecule has 28 heavy (non-hydrogen) atoms. The average Bonchev–Trinajstić information content (AvgIpc) is 3.44. The lowest BCUT2D eigenvalue weighted by molar-refractivity contribution is 0.403. The molecular weight excluding hydrogens is 350 g/mol. The van der Waals surface area contributed by atoms with Gasteiger partial charge in [-0.2, -0.15) is 5.10 Å². The van der Waals surface area contributed by atoms with Crippen LogP contribution in [0.1, 0.15) is 42.3 Å². The number of aryl methyl sites for hydroxylation is 2. The zero-order valence-electron chi connectivity index (χ0n) is 18.0. The maximum atomic E-state index is 5.58. The van der Waals surface area contributed by atoms with Crippen molar-refractivity contribution in [3.05, 3.63) is 46.8 Å². The number of nitrogens with zero attached hydrogens (tertiary/aromatic N) is 3. The number of hydrogen-bond donors (Lipinski definition) is 2. The third-order valence-corrected chi connectivity index (χ3v) is 5.90. The van der Waals surface area contributed by atoms with Crippen molar-refractivity contribution in [1.82, 2.24) is 20.4 Å². The first-order valence-corrected chi connectivity index (χ1v) is 10.00. The Morgan fingerprint density at radius 3 is 2.61 bits per heavy atom. The number of aromatic nitrogens is 2. The second-order valence-electron chi connectivity index (χ2n) is 7.93. The van der Waals surface area contributed by atoms with Crippen LogP contribution in [-0.4, -0.2) is 42.5 Å². The summed E-state index contributed by atoms with van der Waals surface area (Å²) in [6.45, 7) is 7.24. The van der Waals surface area contributed by atoms with E-state index in [4.69, 9.17) is 4.74 Å². The molecule has 1 fully saturated rings. The lowest BCUT2D eigenvalue weighted by Crippen LogP contribution is -2.45. The van der Waals surface area contributed by atoms with Crippen LogP contribution in [0.4, 0.5) is 0 Å². The summed E-state index contributed by atoms with van der Waals surface area (Å²) < 4.78 is 7.53. The standard InChI is InChI=1S/C22H33N5O/c1-15(13-18-16(2)26-27(5)17(18)3)25-21(23-4)24-14-22(11-12-22)19-9-7-8-10-20(19)28-6/h7-10,15H,11-14H2,1-6H3,(H2,23,24,25). The number of hydrogen-bond acceptors (Lipinski definition) is 3. The van der Waals surface area contributed by atoms with E-state index in [1.165, 1.54) is 29.7 Å². The summed E-state index contributed by atoms with van der Waals surface area (Å²) in [5, 5.41) is 11.6. The molecule has 0 saturated heterocycles. The van der Waals surface area contributed by atoms with Gasteiger partial charge in [-0.3, -0.25) is 9.67 Å². The Kier molecular flexibility index (Phi) is 5.96. The molecule has 0 radical (unpaired) electrons. The summed E-state index contributed by atoms with van der Waals surface area (Å²) in [5.41, 5.74) is 5.07. The minimum Gasteiger partial charge on any atom is -0.496 e. The van der Waals surface area contributed by atoms with E-state index in [9.17, 15) is 0 Å². The monoisotopic (exact) mass is 383 g/mol. The molecule has 6 heteroatoms. The van der Waals surface area contributed by atoms with Crippen LogP contribution in [0, 0.1) is 13.8 Å². The number of ether oxygens (including phenoxy) is 1. The summed E-state index contributed by atoms with van der Waals surface area (Å²) >= 11 is 0. The second-order valence-corrected chi connectivity index (χ2v) is 7.93. The van der Waals surface area contributed by atoms with E-state index in [-0.39, 0.29) is 11.5 Å². The highest BCUT2D eigenvalue weighted by atomic mass is 16.5. The van der Waals surface area contributed by atoms with Gasteiger partial charge in [0.2, 0.25) is 0 Å². The Balaban J connectivity index is 1.60. The van der Waals surface area contributed by atoms with Gasteiger partial charge in [-0.15, -0.1) is 0 Å². The van der Waals surface area contributed by atoms with Gasteiger partial charge in [-0.05, 0) is 51.7 Å². The van der Waals surface area contributed by atoms with Crippen LogP contribution in [-0.2, 0) is 18.9 Å². The first-order chi connectivity index (χ1) is 13.4. The Morgan fingerprint density at radius 2 is 2.04 bits per heavy atom. The number of methoxy groups -OCH3 is 1. The molecule has 1 atom stereocenters. The van der Waals surface area contributed by atoms with Gasteiger partial charge < -0.3 is 15.4 Å². The van der Waals surface area contributed by atoms with Crippen molar-refractivity contribution in [3.8, 4) is 5.75 Å². The van der Waals surface area contributed by atoms with Gasteiger partial charge >= 0.3 is 0 Å². The quantitative estimate of drug-likeness (QED) is 0.570. The van der Waals surface area contributed by atoms with Crippen LogP contribution in [0.2, 0.25) is 0 Å². The third-order valence-electron chi connectivity index (χ3n) is 5.90. The molecule has 2 aromatic rings. The maximum Gasteiger partial charge on any atom is 0.191 e. The van der Waals surface area contributed by atoms with Crippen molar-refractivity contribution in [2.24, 2.45) is 12.0 Å². The molecule has 1 saturated carbocycles. The summed E-state index contributed by atoms with van der Waals surface area (Å²) in [4.78, 5) is 4.43. The molecule has 6 nitrogen and oxygen atoms in total. The van der Waals surface area contributed by atoms with Crippen LogP contribution in [0.15, 0.2) is 29.3 Å². The molecule has 0 bridgehead atoms. The molecule has 0 spiro atoms. The fourth-order valence-electron chi connectivity index (χ4n) is 3.93. The average molecular weight is 384 g/mol. The highest BCUT2D eigenvalue weighted by Gasteiger charge is 2.46. The van der Waals surface area contributed by atoms with E-state index in [2.05, 4.69) is 53.6 Å². The van der Waals surface area contributed by atoms with Gasteiger partial charge in [0.05, 0.1) is 12.8 Å². The summed E-state index contributed by atoms with van der Waals surface area (Å²) in [6.07, 6.45) is 3.26. The van der Waals surface area contributed by atoms with E-state index < -0.39 is 0 Å². The topological polar surface area (TPSA) is 63.5 Å². The third kappa shape index (κ3) is 4.16. The van der Waals surface area contributed by atoms with Crippen molar-refractivity contribution in [2.75, 3.05) is 20.7 Å². The number of para-hydroxylation sites is 1. The second kappa shape index (κ2) is 8.25. The Hall–Kier alpha value is -2.50. The molecule has 2 N–H and O–H groups in total. The first kappa shape index (κ1) is 20.2. The van der Waals surface area contributed by atoms with Gasteiger partial charge in [-0.25, -0.2) is 0 Å². The number of aliphatic imine (C=N–C) groups is 1. The minimum atomic E-state index is 0.143. The number of nitrogens with one attached hydrogen (secondary N) is 2. The molecule has 1 aromatic carbocycles. The minimum absolute atomic E-state index is 0.143. The highest BCUT2D eigenvalue weighted by molar-refractivity contribution is 5.80. The van der Waals surface area contributed by atoms with Crippen molar-refractivity contribution >= 4 is 5.96 Å². The summed E-state index contributed by atoms with van der Waals surface area (Å²) in [6, 6.07) is 8.60. The maximum absolute atomic E-state index is 5.58. The lowest BCUT2D eigenvalue weighted by atomic mass is 9.95. The predicted molar refractivity (Wildman–Crippen MR) is 114 cm³/mol. The van der Waals surface area contributed by atoms with Crippen LogP contribution in [0.25, 0.3) is 0 Å². The molecular formula is C22H33N5O. The van der Waals surface area contributed by atoms with Crippen LogP contribution < -0.4 is 15.4 Å². The molecule has 1 unspecified atom stereocenters. The summed E-state index contributed by atoms with van der Waals surface area (Å²) in [7, 11) is 5.57. The molecule has 1 heterocycles. The zero-order chi connectivity index (χ0) is 20.3. The summed E-state index contributed by atoms with van der Waals surface area (Å²) in [5.74, 6) is 1.81. The van der Waals surface area contributed by atoms with Gasteiger partial charge in [0, 0.05) is 43.4 Å². The van der Waals surface area contributed by atoms with Gasteiger partial charge in [0.25, 0.3) is 0 Å². The largest absolute Gasteiger partial charge is 0.496 e. The normalized spacial score (nSPS) is 16.6. The Bertz CT molecular complexity index is 851. The Labute approximate surface area is 168 Å². The zero-order valence-corrected chi connectivity index (χ0v) is 18.0. The smallest absolute Gasteiger partial charge is 0.191 e. The molecule has 1 aliphatic carbocycles. The lowest BCUT2D eigenvalue weighted by Gasteiger charge is -2.23. The van der Waals surface area contributed by atoms with E-state index >= 15 is 0 Å². The van der Waals surface area contributed by atoms with Gasteiger partial charge in [0.15, 0.2) is 5.96 Å². The fourth-order valence-corrected chi connectivity index (χ4v) is 3.93. The molecule has 3 rings (SSSR count). The number of benzene rings is 1. The number of rotatable bonds is 7. The van der Waals surface area contributed by atoms with Crippen molar-refractivity contribution in [2.45, 2.75) is 51.5 Å². The molecule has 1 aliphatic rings. The van der Waals surface area contributed by atoms with Crippen LogP contribution >= 0.6 is 0 Å². The fraction of sp³-hybridized carbons (Fsp3) is 0.545. The van der Waals surface area contributed by atoms with E-state index in [0.717, 1.165) is 30.4 Å². The van der Waals surface area contributed by atoms with Crippen molar-refractivity contribution in [1.29, 1.82) is 0 Å². The molecule has 152 valence electrons. The van der Waals surface area contributed by atoms with Gasteiger partial charge in [-0.1, -0.05) is 18.2 Å². The number of guanidine groups is 1. The Morgan fingerprint density at radius 1 is 1.32 bits per heavy atom. The van der Waals surface area contributed by atoms with E-state index in [0.29, 0.717) is 0 Å². The van der Waals surface area contributed by atoms with Crippen molar-refractivity contribution < 1.29 is 4.74 Å². The van der Waals surface area contributed by atoms with Crippen LogP contribution in [0.5, 0.6) is 5.75 Å².